The quantitative estimate of drug-likeness (QED) is 0.514. The summed E-state index contributed by atoms with van der Waals surface area (Å²) in [5, 5.41) is 10.2. The van der Waals surface area contributed by atoms with Crippen molar-refractivity contribution in [1.82, 2.24) is 20.0 Å². The van der Waals surface area contributed by atoms with Gasteiger partial charge in [-0.15, -0.1) is 22.7 Å². The van der Waals surface area contributed by atoms with Crippen LogP contribution in [0.4, 0.5) is 8.78 Å². The summed E-state index contributed by atoms with van der Waals surface area (Å²) in [5.41, 5.74) is 1.25. The number of aromatic nitrogens is 4. The van der Waals surface area contributed by atoms with Crippen molar-refractivity contribution in [3.05, 3.63) is 34.3 Å². The van der Waals surface area contributed by atoms with Crippen LogP contribution in [0.3, 0.4) is 0 Å². The maximum atomic E-state index is 12.2. The summed E-state index contributed by atoms with van der Waals surface area (Å²) in [6.45, 7) is -2.66. The molecule has 0 aliphatic carbocycles. The van der Waals surface area contributed by atoms with Gasteiger partial charge in [0.05, 0.1) is 35.3 Å². The minimum absolute atomic E-state index is 0.301. The molecule has 0 aliphatic rings. The van der Waals surface area contributed by atoms with Gasteiger partial charge in [-0.05, 0) is 12.1 Å². The highest BCUT2D eigenvalue weighted by atomic mass is 32.1. The van der Waals surface area contributed by atoms with Gasteiger partial charge in [-0.25, -0.2) is 14.3 Å². The molecule has 0 saturated heterocycles. The average Bonchev–Trinajstić information content (AvgIpc) is 3.38. The molecule has 142 valence electrons. The maximum absolute atomic E-state index is 12.2. The first kappa shape index (κ1) is 18.9. The second-order valence-electron chi connectivity index (χ2n) is 4.99. The molecule has 0 spiro atoms. The zero-order chi connectivity index (χ0) is 19.6. The van der Waals surface area contributed by atoms with E-state index in [4.69, 9.17) is 0 Å². The van der Waals surface area contributed by atoms with Gasteiger partial charge in [-0.1, -0.05) is 0 Å². The smallest absolute Gasteiger partial charge is 0.348 e. The minimum Gasteiger partial charge on any atom is -0.465 e. The highest BCUT2D eigenvalue weighted by molar-refractivity contribution is 7.21. The van der Waals surface area contributed by atoms with Gasteiger partial charge in [-0.3, -0.25) is 5.10 Å². The van der Waals surface area contributed by atoms with Gasteiger partial charge in [0, 0.05) is 6.20 Å². The van der Waals surface area contributed by atoms with Crippen molar-refractivity contribution >= 4 is 55.0 Å². The Kier molecular flexibility index (Phi) is 5.46. The monoisotopic (exact) mass is 414 g/mol. The lowest BCUT2D eigenvalue weighted by molar-refractivity contribution is 0.0573. The summed E-state index contributed by atoms with van der Waals surface area (Å²) < 4.78 is 35.6. The first-order valence-electron chi connectivity index (χ1n) is 7.29. The number of thiophene rings is 2. The van der Waals surface area contributed by atoms with Gasteiger partial charge in [0.1, 0.15) is 15.3 Å². The lowest BCUT2D eigenvalue weighted by Gasteiger charge is -1.95. The van der Waals surface area contributed by atoms with Crippen molar-refractivity contribution in [3.8, 4) is 0 Å². The first-order valence-corrected chi connectivity index (χ1v) is 8.92. The van der Waals surface area contributed by atoms with Crippen LogP contribution in [0.25, 0.3) is 20.4 Å². The number of ether oxygens (including phenoxy) is 2. The fraction of sp³-hybridized carbons (Fsp3) is 0.200. The fourth-order valence-corrected chi connectivity index (χ4v) is 3.93. The molecule has 8 nitrogen and oxygen atoms in total. The molecule has 12 heteroatoms. The predicted molar refractivity (Wildman–Crippen MR) is 95.5 cm³/mol. The number of fused-ring (bicyclic) bond motifs is 2. The summed E-state index contributed by atoms with van der Waals surface area (Å²) in [6, 6.07) is 3.17. The van der Waals surface area contributed by atoms with E-state index in [0.717, 1.165) is 21.6 Å². The highest BCUT2D eigenvalue weighted by Crippen LogP contribution is 2.26. The summed E-state index contributed by atoms with van der Waals surface area (Å²) in [5.74, 6) is -0.786. The van der Waals surface area contributed by atoms with Crippen LogP contribution in [0.1, 0.15) is 25.9 Å². The van der Waals surface area contributed by atoms with E-state index < -0.39 is 12.5 Å². The van der Waals surface area contributed by atoms with Crippen LogP contribution in [0.15, 0.2) is 24.5 Å². The van der Waals surface area contributed by atoms with Crippen LogP contribution in [0.5, 0.6) is 0 Å². The normalized spacial score (nSPS) is 10.9. The molecule has 0 radical (unpaired) electrons. The number of halogens is 2. The Morgan fingerprint density at radius 1 is 1.11 bits per heavy atom. The number of nitrogens with zero attached hydrogens (tertiary/aromatic N) is 3. The topological polar surface area (TPSA) is 99.1 Å². The Morgan fingerprint density at radius 2 is 1.74 bits per heavy atom. The number of hydrogen-bond donors (Lipinski definition) is 1. The largest absolute Gasteiger partial charge is 0.465 e. The molecular formula is C15H12F2N4O4S2. The third kappa shape index (κ3) is 3.95. The molecule has 0 aromatic carbocycles. The van der Waals surface area contributed by atoms with Crippen molar-refractivity contribution in [2.75, 3.05) is 14.2 Å². The number of carbonyl (C=O) groups is 2. The molecule has 27 heavy (non-hydrogen) atoms. The van der Waals surface area contributed by atoms with Crippen molar-refractivity contribution in [2.45, 2.75) is 6.55 Å². The molecule has 4 rings (SSSR count). The van der Waals surface area contributed by atoms with Crippen molar-refractivity contribution in [1.29, 1.82) is 0 Å². The number of H-pyrrole nitrogens is 1. The average molecular weight is 414 g/mol. The molecular weight excluding hydrogens is 402 g/mol. The van der Waals surface area contributed by atoms with E-state index in [1.165, 1.54) is 37.8 Å². The molecule has 4 aromatic heterocycles. The zero-order valence-corrected chi connectivity index (χ0v) is 15.6. The molecule has 0 fully saturated rings. The molecule has 1 N–H and O–H groups in total. The molecule has 4 aromatic rings. The van der Waals surface area contributed by atoms with Crippen LogP contribution in [-0.2, 0) is 9.47 Å². The van der Waals surface area contributed by atoms with Crippen molar-refractivity contribution < 1.29 is 27.8 Å². The molecule has 0 aliphatic heterocycles. The number of methoxy groups -OCH3 is 2. The van der Waals surface area contributed by atoms with E-state index in [1.807, 2.05) is 0 Å². The van der Waals surface area contributed by atoms with E-state index in [-0.39, 0.29) is 5.97 Å². The van der Waals surface area contributed by atoms with Crippen LogP contribution >= 0.6 is 22.7 Å². The maximum Gasteiger partial charge on any atom is 0.348 e. The number of aromatic amines is 1. The molecule has 0 atom stereocenters. The lowest BCUT2D eigenvalue weighted by atomic mass is 10.4. The Morgan fingerprint density at radius 3 is 2.30 bits per heavy atom. The Bertz CT molecular complexity index is 1040. The van der Waals surface area contributed by atoms with Gasteiger partial charge in [-0.2, -0.15) is 19.0 Å². The van der Waals surface area contributed by atoms with E-state index in [0.29, 0.717) is 24.7 Å². The van der Waals surface area contributed by atoms with E-state index >= 15 is 0 Å². The Hall–Kier alpha value is -2.86. The second-order valence-corrected chi connectivity index (χ2v) is 7.16. The van der Waals surface area contributed by atoms with Gasteiger partial charge in [0.15, 0.2) is 0 Å². The van der Waals surface area contributed by atoms with Crippen LogP contribution in [-0.4, -0.2) is 46.1 Å². The summed E-state index contributed by atoms with van der Waals surface area (Å²) in [6.07, 6.45) is 2.89. The van der Waals surface area contributed by atoms with Gasteiger partial charge < -0.3 is 9.47 Å². The fourth-order valence-electron chi connectivity index (χ4n) is 2.09. The van der Waals surface area contributed by atoms with E-state index in [9.17, 15) is 18.4 Å². The Balaban J connectivity index is 0.000000159. The SMILES string of the molecule is COC(=O)c1cc2[nH]ncc2s1.COC(=O)c1cc2nn(C(F)F)cc2s1. The van der Waals surface area contributed by atoms with Gasteiger partial charge in [0.2, 0.25) is 0 Å². The summed E-state index contributed by atoms with van der Waals surface area (Å²) >= 11 is 2.45. The molecule has 4 heterocycles. The van der Waals surface area contributed by atoms with Crippen molar-refractivity contribution in [3.63, 3.8) is 0 Å². The van der Waals surface area contributed by atoms with E-state index in [2.05, 4.69) is 24.8 Å². The van der Waals surface area contributed by atoms with Crippen LogP contribution in [0, 0.1) is 0 Å². The Labute approximate surface area is 158 Å². The van der Waals surface area contributed by atoms with Gasteiger partial charge >= 0.3 is 18.5 Å². The first-order chi connectivity index (χ1) is 12.9. The van der Waals surface area contributed by atoms with Crippen LogP contribution in [0.2, 0.25) is 0 Å². The number of alkyl halides is 2. The highest BCUT2D eigenvalue weighted by Gasteiger charge is 2.15. The second kappa shape index (κ2) is 7.80. The molecule has 0 amide bonds. The summed E-state index contributed by atoms with van der Waals surface area (Å²) in [4.78, 5) is 23.1. The number of carbonyl (C=O) groups excluding carboxylic acids is 2. The summed E-state index contributed by atoms with van der Waals surface area (Å²) in [7, 11) is 2.63. The zero-order valence-electron chi connectivity index (χ0n) is 13.9. The van der Waals surface area contributed by atoms with Gasteiger partial charge in [0.25, 0.3) is 0 Å². The van der Waals surface area contributed by atoms with E-state index in [1.54, 1.807) is 12.3 Å². The third-order valence-electron chi connectivity index (χ3n) is 3.31. The number of esters is 2. The molecule has 0 bridgehead atoms. The minimum atomic E-state index is -2.66. The number of nitrogens with one attached hydrogen (secondary N) is 1. The lowest BCUT2D eigenvalue weighted by Crippen LogP contribution is -1.99. The molecule has 0 unspecified atom stereocenters. The number of rotatable bonds is 3. The molecule has 0 saturated carbocycles. The number of hydrogen-bond acceptors (Lipinski definition) is 8. The standard InChI is InChI=1S/C8H6F2N2O2S.C7H6N2O2S/c1-14-7(13)5-2-4-6(15-5)3-12(11-4)8(9)10;1-11-7(10)5-2-4-6(12-5)3-8-9-4/h2-3,8H,1H3;2-3H,1H3,(H,8,9). The predicted octanol–water partition coefficient (Wildman–Crippen LogP) is 3.69. The van der Waals surface area contributed by atoms with Crippen molar-refractivity contribution in [2.24, 2.45) is 0 Å². The third-order valence-corrected chi connectivity index (χ3v) is 5.40. The van der Waals surface area contributed by atoms with Crippen LogP contribution < -0.4 is 0 Å².